The van der Waals surface area contributed by atoms with E-state index in [4.69, 9.17) is 16.7 Å². The first-order chi connectivity index (χ1) is 4.75. The quantitative estimate of drug-likeness (QED) is 0.445. The van der Waals surface area contributed by atoms with Crippen LogP contribution in [-0.2, 0) is 0 Å². The maximum Gasteiger partial charge on any atom is 0.0926 e. The molecule has 0 aromatic carbocycles. The van der Waals surface area contributed by atoms with Crippen LogP contribution >= 0.6 is 11.6 Å². The Labute approximate surface area is 65.0 Å². The number of aliphatic hydroxyl groups is 2. The van der Waals surface area contributed by atoms with Crippen molar-refractivity contribution in [2.75, 3.05) is 19.0 Å². The molecule has 1 aliphatic rings. The van der Waals surface area contributed by atoms with Crippen molar-refractivity contribution < 1.29 is 10.2 Å². The monoisotopic (exact) mass is 165 g/mol. The summed E-state index contributed by atoms with van der Waals surface area (Å²) in [6.07, 6.45) is -1.31. The molecule has 1 heterocycles. The van der Waals surface area contributed by atoms with Gasteiger partial charge in [0.1, 0.15) is 0 Å². The molecule has 0 aromatic rings. The van der Waals surface area contributed by atoms with E-state index in [0.717, 1.165) is 0 Å². The Kier molecular flexibility index (Phi) is 2.92. The van der Waals surface area contributed by atoms with E-state index in [9.17, 15) is 5.11 Å². The molecule has 10 heavy (non-hydrogen) atoms. The molecule has 0 radical (unpaired) electrons. The first kappa shape index (κ1) is 8.27. The summed E-state index contributed by atoms with van der Waals surface area (Å²) in [5, 5.41) is 21.3. The van der Waals surface area contributed by atoms with Gasteiger partial charge in [0, 0.05) is 24.9 Å². The molecule has 4 heteroatoms. The number of piperidine rings is 1. The molecule has 3 nitrogen and oxygen atoms in total. The number of hydrogen-bond donors (Lipinski definition) is 3. The fourth-order valence-corrected chi connectivity index (χ4v) is 1.41. The predicted molar refractivity (Wildman–Crippen MR) is 39.1 cm³/mol. The standard InChI is InChI=1S/C6H12ClNO2/c7-1-4-2-8-3-5(9)6(4)10/h4-6,8-10H,1-3H2/t4-,5?,6?/m0/s1. The Morgan fingerprint density at radius 2 is 2.10 bits per heavy atom. The summed E-state index contributed by atoms with van der Waals surface area (Å²) in [5.41, 5.74) is 0. The van der Waals surface area contributed by atoms with Gasteiger partial charge in [-0.1, -0.05) is 0 Å². The minimum absolute atomic E-state index is 0.00887. The summed E-state index contributed by atoms with van der Waals surface area (Å²) >= 11 is 5.53. The highest BCUT2D eigenvalue weighted by Gasteiger charge is 2.29. The zero-order valence-electron chi connectivity index (χ0n) is 5.63. The van der Waals surface area contributed by atoms with Crippen LogP contribution in [0, 0.1) is 5.92 Å². The Morgan fingerprint density at radius 1 is 1.40 bits per heavy atom. The molecule has 0 bridgehead atoms. The van der Waals surface area contributed by atoms with Gasteiger partial charge >= 0.3 is 0 Å². The lowest BCUT2D eigenvalue weighted by Gasteiger charge is -2.30. The Balaban J connectivity index is 2.42. The van der Waals surface area contributed by atoms with E-state index in [1.807, 2.05) is 0 Å². The first-order valence-corrected chi connectivity index (χ1v) is 3.92. The van der Waals surface area contributed by atoms with Crippen LogP contribution in [0.3, 0.4) is 0 Å². The minimum Gasteiger partial charge on any atom is -0.390 e. The Morgan fingerprint density at radius 3 is 2.60 bits per heavy atom. The van der Waals surface area contributed by atoms with E-state index >= 15 is 0 Å². The fraction of sp³-hybridized carbons (Fsp3) is 1.00. The second-order valence-corrected chi connectivity index (χ2v) is 2.94. The fourth-order valence-electron chi connectivity index (χ4n) is 1.12. The highest BCUT2D eigenvalue weighted by Crippen LogP contribution is 2.12. The maximum atomic E-state index is 9.26. The third-order valence-electron chi connectivity index (χ3n) is 1.84. The average molecular weight is 166 g/mol. The molecule has 0 spiro atoms. The van der Waals surface area contributed by atoms with Crippen molar-refractivity contribution >= 4 is 11.6 Å². The van der Waals surface area contributed by atoms with Gasteiger partial charge in [-0.05, 0) is 0 Å². The lowest BCUT2D eigenvalue weighted by atomic mass is 9.96. The SMILES string of the molecule is OC1CNC[C@H](CCl)C1O. The molecule has 3 N–H and O–H groups in total. The topological polar surface area (TPSA) is 52.5 Å². The number of rotatable bonds is 1. The highest BCUT2D eigenvalue weighted by molar-refractivity contribution is 6.18. The largest absolute Gasteiger partial charge is 0.390 e. The van der Waals surface area contributed by atoms with Crippen LogP contribution < -0.4 is 5.32 Å². The third-order valence-corrected chi connectivity index (χ3v) is 2.23. The second kappa shape index (κ2) is 3.53. The van der Waals surface area contributed by atoms with Crippen molar-refractivity contribution in [1.82, 2.24) is 5.32 Å². The summed E-state index contributed by atoms with van der Waals surface area (Å²) < 4.78 is 0. The summed E-state index contributed by atoms with van der Waals surface area (Å²) in [6.45, 7) is 1.16. The molecule has 60 valence electrons. The van der Waals surface area contributed by atoms with Gasteiger partial charge in [-0.3, -0.25) is 0 Å². The van der Waals surface area contributed by atoms with Crippen molar-refractivity contribution in [2.45, 2.75) is 12.2 Å². The smallest absolute Gasteiger partial charge is 0.0926 e. The van der Waals surface area contributed by atoms with Crippen LogP contribution in [0.4, 0.5) is 0 Å². The summed E-state index contributed by atoms with van der Waals surface area (Å²) in [6, 6.07) is 0. The molecule has 0 saturated carbocycles. The van der Waals surface area contributed by atoms with Crippen LogP contribution in [0.2, 0.25) is 0 Å². The van der Waals surface area contributed by atoms with Crippen LogP contribution in [0.1, 0.15) is 0 Å². The van der Waals surface area contributed by atoms with Gasteiger partial charge in [0.25, 0.3) is 0 Å². The van der Waals surface area contributed by atoms with Gasteiger partial charge in [-0.2, -0.15) is 0 Å². The zero-order valence-corrected chi connectivity index (χ0v) is 6.38. The summed E-state index contributed by atoms with van der Waals surface area (Å²) in [5.74, 6) is 0.385. The van der Waals surface area contributed by atoms with Gasteiger partial charge in [0.15, 0.2) is 0 Å². The van der Waals surface area contributed by atoms with Gasteiger partial charge in [-0.25, -0.2) is 0 Å². The second-order valence-electron chi connectivity index (χ2n) is 2.63. The first-order valence-electron chi connectivity index (χ1n) is 3.38. The molecule has 0 amide bonds. The van der Waals surface area contributed by atoms with Gasteiger partial charge < -0.3 is 15.5 Å². The third kappa shape index (κ3) is 1.61. The maximum absolute atomic E-state index is 9.26. The summed E-state index contributed by atoms with van der Waals surface area (Å²) in [7, 11) is 0. The van der Waals surface area contributed by atoms with E-state index in [1.165, 1.54) is 0 Å². The van der Waals surface area contributed by atoms with Crippen molar-refractivity contribution in [1.29, 1.82) is 0 Å². The van der Waals surface area contributed by atoms with Crippen LogP contribution in [0.25, 0.3) is 0 Å². The lowest BCUT2D eigenvalue weighted by Crippen LogP contribution is -2.50. The predicted octanol–water partition coefficient (Wildman–Crippen LogP) is -0.834. The average Bonchev–Trinajstić information content (AvgIpc) is 1.95. The molecule has 0 aliphatic carbocycles. The van der Waals surface area contributed by atoms with Crippen LogP contribution in [0.5, 0.6) is 0 Å². The van der Waals surface area contributed by atoms with E-state index in [-0.39, 0.29) is 5.92 Å². The number of halogens is 1. The molecule has 0 aromatic heterocycles. The van der Waals surface area contributed by atoms with Crippen LogP contribution in [-0.4, -0.2) is 41.4 Å². The van der Waals surface area contributed by atoms with E-state index in [2.05, 4.69) is 5.32 Å². The lowest BCUT2D eigenvalue weighted by molar-refractivity contribution is -0.0285. The van der Waals surface area contributed by atoms with E-state index in [1.54, 1.807) is 0 Å². The normalized spacial score (nSPS) is 41.7. The molecular formula is C6H12ClNO2. The summed E-state index contributed by atoms with van der Waals surface area (Å²) in [4.78, 5) is 0. The van der Waals surface area contributed by atoms with Crippen molar-refractivity contribution in [3.8, 4) is 0 Å². The van der Waals surface area contributed by atoms with E-state index in [0.29, 0.717) is 19.0 Å². The van der Waals surface area contributed by atoms with E-state index < -0.39 is 12.2 Å². The van der Waals surface area contributed by atoms with Gasteiger partial charge in [0.05, 0.1) is 12.2 Å². The number of hydrogen-bond acceptors (Lipinski definition) is 3. The highest BCUT2D eigenvalue weighted by atomic mass is 35.5. The zero-order chi connectivity index (χ0) is 7.56. The van der Waals surface area contributed by atoms with Gasteiger partial charge in [0.2, 0.25) is 0 Å². The van der Waals surface area contributed by atoms with Crippen LogP contribution in [0.15, 0.2) is 0 Å². The molecule has 1 rings (SSSR count). The number of nitrogens with one attached hydrogen (secondary N) is 1. The van der Waals surface area contributed by atoms with Gasteiger partial charge in [-0.15, -0.1) is 11.6 Å². The molecular weight excluding hydrogens is 154 g/mol. The molecule has 1 aliphatic heterocycles. The Hall–Kier alpha value is 0.170. The van der Waals surface area contributed by atoms with Crippen molar-refractivity contribution in [3.05, 3.63) is 0 Å². The van der Waals surface area contributed by atoms with Crippen molar-refractivity contribution in [3.63, 3.8) is 0 Å². The number of aliphatic hydroxyl groups excluding tert-OH is 2. The molecule has 1 saturated heterocycles. The number of alkyl halides is 1. The molecule has 1 fully saturated rings. The Bertz CT molecular complexity index is 112. The minimum atomic E-state index is -0.655. The molecule has 2 unspecified atom stereocenters. The van der Waals surface area contributed by atoms with Crippen molar-refractivity contribution in [2.24, 2.45) is 5.92 Å². The number of β-amino-alcohol motifs (C(OH)–C–C–N with tert-alkyl or cyclic N) is 1. The molecule has 3 atom stereocenters.